The number of benzene rings is 2. The van der Waals surface area contributed by atoms with Crippen LogP contribution in [0, 0.1) is 5.92 Å². The van der Waals surface area contributed by atoms with E-state index in [1.165, 1.54) is 0 Å². The maximum atomic E-state index is 10.3. The van der Waals surface area contributed by atoms with Gasteiger partial charge < -0.3 is 10.2 Å². The predicted octanol–water partition coefficient (Wildman–Crippen LogP) is 4.41. The van der Waals surface area contributed by atoms with Crippen molar-refractivity contribution in [1.82, 2.24) is 0 Å². The highest BCUT2D eigenvalue weighted by Gasteiger charge is 2.14. The molecule has 0 aromatic heterocycles. The Morgan fingerprint density at radius 2 is 1.74 bits per heavy atom. The van der Waals surface area contributed by atoms with E-state index in [1.807, 2.05) is 36.4 Å². The van der Waals surface area contributed by atoms with E-state index in [4.69, 9.17) is 0 Å². The van der Waals surface area contributed by atoms with Crippen LogP contribution >= 0.6 is 0 Å². The highest BCUT2D eigenvalue weighted by Crippen LogP contribution is 2.34. The highest BCUT2D eigenvalue weighted by atomic mass is 16.3. The zero-order chi connectivity index (χ0) is 13.8. The van der Waals surface area contributed by atoms with Crippen LogP contribution in [0.2, 0.25) is 0 Å². The first kappa shape index (κ1) is 13.9. The van der Waals surface area contributed by atoms with Crippen LogP contribution < -0.4 is 0 Å². The van der Waals surface area contributed by atoms with E-state index in [2.05, 4.69) is 13.8 Å². The van der Waals surface area contributed by atoms with Crippen molar-refractivity contribution in [2.45, 2.75) is 39.2 Å². The van der Waals surface area contributed by atoms with Crippen molar-refractivity contribution in [3.05, 3.63) is 42.0 Å². The van der Waals surface area contributed by atoms with Gasteiger partial charge >= 0.3 is 0 Å². The van der Waals surface area contributed by atoms with Crippen LogP contribution in [0.4, 0.5) is 0 Å². The summed E-state index contributed by atoms with van der Waals surface area (Å²) < 4.78 is 0. The summed E-state index contributed by atoms with van der Waals surface area (Å²) >= 11 is 0. The molecule has 2 aromatic carbocycles. The van der Waals surface area contributed by atoms with Gasteiger partial charge in [0, 0.05) is 10.9 Å². The zero-order valence-corrected chi connectivity index (χ0v) is 11.6. The molecule has 0 aliphatic heterocycles. The summed E-state index contributed by atoms with van der Waals surface area (Å²) in [7, 11) is 0. The number of aromatic hydroxyl groups is 1. The van der Waals surface area contributed by atoms with Gasteiger partial charge in [0.05, 0.1) is 6.10 Å². The van der Waals surface area contributed by atoms with Gasteiger partial charge in [-0.1, -0.05) is 63.1 Å². The summed E-state index contributed by atoms with van der Waals surface area (Å²) in [6, 6.07) is 11.5. The summed E-state index contributed by atoms with van der Waals surface area (Å²) in [5.41, 5.74) is 0.641. The minimum Gasteiger partial charge on any atom is -0.507 e. The van der Waals surface area contributed by atoms with Gasteiger partial charge in [-0.25, -0.2) is 0 Å². The van der Waals surface area contributed by atoms with E-state index in [-0.39, 0.29) is 5.75 Å². The lowest BCUT2D eigenvalue weighted by molar-refractivity contribution is 0.159. The fourth-order valence-electron chi connectivity index (χ4n) is 2.42. The van der Waals surface area contributed by atoms with Gasteiger partial charge in [0.25, 0.3) is 0 Å². The first-order chi connectivity index (χ1) is 9.09. The van der Waals surface area contributed by atoms with Crippen molar-refractivity contribution in [3.8, 4) is 5.75 Å². The quantitative estimate of drug-likeness (QED) is 0.834. The SMILES string of the molecule is CC(C)CCC[C@H](O)c1ccc2ccccc2c1O. The minimum absolute atomic E-state index is 0.218. The van der Waals surface area contributed by atoms with Crippen molar-refractivity contribution in [3.63, 3.8) is 0 Å². The third-order valence-electron chi connectivity index (χ3n) is 3.55. The molecule has 0 saturated heterocycles. The Bertz CT molecular complexity index is 546. The number of fused-ring (bicyclic) bond motifs is 1. The number of aliphatic hydroxyl groups excluding tert-OH is 1. The van der Waals surface area contributed by atoms with Crippen LogP contribution in [-0.2, 0) is 0 Å². The highest BCUT2D eigenvalue weighted by molar-refractivity contribution is 5.89. The van der Waals surface area contributed by atoms with E-state index >= 15 is 0 Å². The fraction of sp³-hybridized carbons (Fsp3) is 0.412. The molecule has 0 aliphatic rings. The molecular formula is C17H22O2. The van der Waals surface area contributed by atoms with Gasteiger partial charge in [-0.15, -0.1) is 0 Å². The number of hydrogen-bond donors (Lipinski definition) is 2. The molecule has 0 aliphatic carbocycles. The standard InChI is InChI=1S/C17H22O2/c1-12(2)6-5-9-16(18)15-11-10-13-7-3-4-8-14(13)17(15)19/h3-4,7-8,10-12,16,18-19H,5-6,9H2,1-2H3/t16-/m0/s1. The lowest BCUT2D eigenvalue weighted by Crippen LogP contribution is -1.99. The van der Waals surface area contributed by atoms with Gasteiger partial charge in [0.1, 0.15) is 5.75 Å². The first-order valence-corrected chi connectivity index (χ1v) is 6.98. The summed E-state index contributed by atoms with van der Waals surface area (Å²) in [5.74, 6) is 0.868. The molecule has 0 spiro atoms. The summed E-state index contributed by atoms with van der Waals surface area (Å²) in [6.45, 7) is 4.36. The van der Waals surface area contributed by atoms with E-state index in [0.717, 1.165) is 23.6 Å². The van der Waals surface area contributed by atoms with Crippen LogP contribution in [0.15, 0.2) is 36.4 Å². The van der Waals surface area contributed by atoms with Crippen molar-refractivity contribution < 1.29 is 10.2 Å². The third-order valence-corrected chi connectivity index (χ3v) is 3.55. The van der Waals surface area contributed by atoms with Crippen LogP contribution in [-0.4, -0.2) is 10.2 Å². The van der Waals surface area contributed by atoms with Crippen LogP contribution in [0.1, 0.15) is 44.8 Å². The Morgan fingerprint density at radius 1 is 1.00 bits per heavy atom. The van der Waals surface area contributed by atoms with Crippen molar-refractivity contribution in [1.29, 1.82) is 0 Å². The Hall–Kier alpha value is -1.54. The molecule has 0 amide bonds. The molecule has 0 unspecified atom stereocenters. The van der Waals surface area contributed by atoms with E-state index in [9.17, 15) is 10.2 Å². The average molecular weight is 258 g/mol. The van der Waals surface area contributed by atoms with Crippen LogP contribution in [0.5, 0.6) is 5.75 Å². The molecule has 2 nitrogen and oxygen atoms in total. The number of phenols is 1. The molecule has 1 atom stereocenters. The number of hydrogen-bond acceptors (Lipinski definition) is 2. The summed E-state index contributed by atoms with van der Waals surface area (Å²) in [4.78, 5) is 0. The first-order valence-electron chi connectivity index (χ1n) is 6.98. The third kappa shape index (κ3) is 3.27. The lowest BCUT2D eigenvalue weighted by atomic mass is 9.97. The van der Waals surface area contributed by atoms with E-state index < -0.39 is 6.10 Å². The Labute approximate surface area is 114 Å². The summed E-state index contributed by atoms with van der Waals surface area (Å²) in [6.07, 6.45) is 2.20. The van der Waals surface area contributed by atoms with Crippen molar-refractivity contribution in [2.75, 3.05) is 0 Å². The molecule has 0 radical (unpaired) electrons. The molecular weight excluding hydrogens is 236 g/mol. The molecule has 0 heterocycles. The molecule has 102 valence electrons. The minimum atomic E-state index is -0.580. The van der Waals surface area contributed by atoms with Crippen molar-refractivity contribution >= 4 is 10.8 Å². The molecule has 2 rings (SSSR count). The van der Waals surface area contributed by atoms with Crippen LogP contribution in [0.25, 0.3) is 10.8 Å². The number of rotatable bonds is 5. The second kappa shape index (κ2) is 6.07. The lowest BCUT2D eigenvalue weighted by Gasteiger charge is -2.15. The molecule has 0 bridgehead atoms. The maximum absolute atomic E-state index is 10.3. The molecule has 19 heavy (non-hydrogen) atoms. The largest absolute Gasteiger partial charge is 0.507 e. The number of phenolic OH excluding ortho intramolecular Hbond substituents is 1. The molecule has 2 N–H and O–H groups in total. The van der Waals surface area contributed by atoms with Gasteiger partial charge in [-0.3, -0.25) is 0 Å². The van der Waals surface area contributed by atoms with E-state index in [1.54, 1.807) is 0 Å². The molecule has 2 heteroatoms. The fourth-order valence-corrected chi connectivity index (χ4v) is 2.42. The van der Waals surface area contributed by atoms with Crippen molar-refractivity contribution in [2.24, 2.45) is 5.92 Å². The number of aliphatic hydroxyl groups is 1. The molecule has 0 saturated carbocycles. The molecule has 2 aromatic rings. The average Bonchev–Trinajstić information content (AvgIpc) is 2.39. The Morgan fingerprint density at radius 3 is 2.47 bits per heavy atom. The predicted molar refractivity (Wildman–Crippen MR) is 79.3 cm³/mol. The topological polar surface area (TPSA) is 40.5 Å². The Balaban J connectivity index is 2.18. The second-order valence-electron chi connectivity index (χ2n) is 5.57. The second-order valence-corrected chi connectivity index (χ2v) is 5.57. The monoisotopic (exact) mass is 258 g/mol. The smallest absolute Gasteiger partial charge is 0.129 e. The van der Waals surface area contributed by atoms with E-state index in [0.29, 0.717) is 17.9 Å². The van der Waals surface area contributed by atoms with Gasteiger partial charge in [-0.2, -0.15) is 0 Å². The zero-order valence-electron chi connectivity index (χ0n) is 11.6. The van der Waals surface area contributed by atoms with Gasteiger partial charge in [0.2, 0.25) is 0 Å². The van der Waals surface area contributed by atoms with Gasteiger partial charge in [-0.05, 0) is 17.7 Å². The van der Waals surface area contributed by atoms with Crippen LogP contribution in [0.3, 0.4) is 0 Å². The molecule has 0 fully saturated rings. The normalized spacial score (nSPS) is 13.1. The Kier molecular flexibility index (Phi) is 4.43. The van der Waals surface area contributed by atoms with Gasteiger partial charge in [0.15, 0.2) is 0 Å². The maximum Gasteiger partial charge on any atom is 0.129 e. The summed E-state index contributed by atoms with van der Waals surface area (Å²) in [5, 5.41) is 22.3.